The molecular formula is C16H37O3P. The summed E-state index contributed by atoms with van der Waals surface area (Å²) in [5, 5.41) is 0. The number of hydrogen-bond acceptors (Lipinski definition) is 3. The standard InChI is InChI=1S/C12H26.C4H11O3P/c1-3-5-7-9-11-12-10-8-6-4-2;1-3-6-8(5)7-4-2/h3-12H2,1-2H3;8H,3-4H2,1-2H3. The maximum Gasteiger partial charge on any atom is 0.319 e. The van der Waals surface area contributed by atoms with Gasteiger partial charge in [-0.3, -0.25) is 4.57 Å². The second-order valence-electron chi connectivity index (χ2n) is 4.94. The predicted molar refractivity (Wildman–Crippen MR) is 89.8 cm³/mol. The minimum absolute atomic E-state index is 0.456. The van der Waals surface area contributed by atoms with Crippen LogP contribution in [0, 0.1) is 0 Å². The molecular weight excluding hydrogens is 271 g/mol. The van der Waals surface area contributed by atoms with E-state index in [4.69, 9.17) is 0 Å². The molecule has 4 heteroatoms. The molecule has 0 aromatic heterocycles. The van der Waals surface area contributed by atoms with Crippen LogP contribution in [0.3, 0.4) is 0 Å². The fourth-order valence-corrected chi connectivity index (χ4v) is 2.39. The molecule has 0 saturated carbocycles. The molecule has 0 spiro atoms. The Hall–Kier alpha value is 0.150. The molecule has 0 saturated heterocycles. The maximum absolute atomic E-state index is 10.4. The highest BCUT2D eigenvalue weighted by molar-refractivity contribution is 7.33. The van der Waals surface area contributed by atoms with Gasteiger partial charge in [-0.15, -0.1) is 0 Å². The van der Waals surface area contributed by atoms with Gasteiger partial charge in [-0.25, -0.2) is 0 Å². The zero-order valence-corrected chi connectivity index (χ0v) is 15.2. The van der Waals surface area contributed by atoms with E-state index in [9.17, 15) is 4.57 Å². The van der Waals surface area contributed by atoms with Gasteiger partial charge < -0.3 is 9.05 Å². The van der Waals surface area contributed by atoms with Crippen LogP contribution in [0.1, 0.15) is 91.9 Å². The summed E-state index contributed by atoms with van der Waals surface area (Å²) in [5.41, 5.74) is 0. The van der Waals surface area contributed by atoms with Crippen LogP contribution in [0.5, 0.6) is 0 Å². The summed E-state index contributed by atoms with van der Waals surface area (Å²) in [6.07, 6.45) is 14.4. The van der Waals surface area contributed by atoms with Crippen molar-refractivity contribution in [2.24, 2.45) is 0 Å². The monoisotopic (exact) mass is 308 g/mol. The van der Waals surface area contributed by atoms with Crippen LogP contribution in [-0.4, -0.2) is 13.2 Å². The molecule has 0 bridgehead atoms. The van der Waals surface area contributed by atoms with Gasteiger partial charge in [0, 0.05) is 0 Å². The van der Waals surface area contributed by atoms with Crippen LogP contribution in [0.15, 0.2) is 0 Å². The summed E-state index contributed by atoms with van der Waals surface area (Å²) in [6, 6.07) is 0. The van der Waals surface area contributed by atoms with E-state index in [1.807, 2.05) is 0 Å². The lowest BCUT2D eigenvalue weighted by atomic mass is 10.1. The Kier molecular flexibility index (Phi) is 24.1. The fraction of sp³-hybridized carbons (Fsp3) is 1.00. The van der Waals surface area contributed by atoms with E-state index in [0.29, 0.717) is 13.2 Å². The molecule has 0 aromatic rings. The third kappa shape index (κ3) is 23.3. The molecule has 0 atom stereocenters. The molecule has 0 heterocycles. The summed E-state index contributed by atoms with van der Waals surface area (Å²) >= 11 is 0. The van der Waals surface area contributed by atoms with Crippen LogP contribution in [0.4, 0.5) is 0 Å². The van der Waals surface area contributed by atoms with Crippen molar-refractivity contribution in [3.63, 3.8) is 0 Å². The first-order valence-corrected chi connectivity index (χ1v) is 9.74. The highest BCUT2D eigenvalue weighted by Crippen LogP contribution is 2.21. The smallest absolute Gasteiger partial charge is 0.311 e. The molecule has 0 aliphatic carbocycles. The van der Waals surface area contributed by atoms with Crippen LogP contribution < -0.4 is 0 Å². The Morgan fingerprint density at radius 2 is 0.900 bits per heavy atom. The molecule has 0 rings (SSSR count). The van der Waals surface area contributed by atoms with Gasteiger partial charge in [0.1, 0.15) is 0 Å². The van der Waals surface area contributed by atoms with Gasteiger partial charge >= 0.3 is 8.25 Å². The molecule has 124 valence electrons. The van der Waals surface area contributed by atoms with Crippen molar-refractivity contribution < 1.29 is 13.6 Å². The van der Waals surface area contributed by atoms with Crippen molar-refractivity contribution in [1.29, 1.82) is 0 Å². The van der Waals surface area contributed by atoms with Crippen molar-refractivity contribution in [3.05, 3.63) is 0 Å². The summed E-state index contributed by atoms with van der Waals surface area (Å²) in [5.74, 6) is 0. The van der Waals surface area contributed by atoms with E-state index in [1.54, 1.807) is 13.8 Å². The van der Waals surface area contributed by atoms with Crippen molar-refractivity contribution in [2.75, 3.05) is 13.2 Å². The van der Waals surface area contributed by atoms with E-state index in [0.717, 1.165) is 0 Å². The Morgan fingerprint density at radius 1 is 0.600 bits per heavy atom. The molecule has 0 aromatic carbocycles. The zero-order valence-electron chi connectivity index (χ0n) is 14.2. The first-order chi connectivity index (χ1) is 9.72. The largest absolute Gasteiger partial charge is 0.319 e. The topological polar surface area (TPSA) is 35.5 Å². The van der Waals surface area contributed by atoms with Gasteiger partial charge in [-0.05, 0) is 13.8 Å². The molecule has 0 fully saturated rings. The third-order valence-electron chi connectivity index (χ3n) is 2.98. The second-order valence-corrected chi connectivity index (χ2v) is 6.02. The Bertz CT molecular complexity index is 169. The predicted octanol–water partition coefficient (Wildman–Crippen LogP) is 6.38. The maximum atomic E-state index is 10.4. The van der Waals surface area contributed by atoms with Crippen molar-refractivity contribution in [2.45, 2.75) is 91.9 Å². The average Bonchev–Trinajstić information content (AvgIpc) is 2.43. The molecule has 0 unspecified atom stereocenters. The van der Waals surface area contributed by atoms with Gasteiger partial charge in [0.25, 0.3) is 0 Å². The lowest BCUT2D eigenvalue weighted by Gasteiger charge is -1.99. The number of unbranched alkanes of at least 4 members (excludes halogenated alkanes) is 9. The highest BCUT2D eigenvalue weighted by Gasteiger charge is 1.91. The van der Waals surface area contributed by atoms with Crippen molar-refractivity contribution >= 4 is 8.25 Å². The summed E-state index contributed by atoms with van der Waals surface area (Å²) < 4.78 is 19.6. The summed E-state index contributed by atoms with van der Waals surface area (Å²) in [7, 11) is -2.14. The van der Waals surface area contributed by atoms with Gasteiger partial charge in [0.05, 0.1) is 13.2 Å². The van der Waals surface area contributed by atoms with E-state index in [-0.39, 0.29) is 0 Å². The van der Waals surface area contributed by atoms with E-state index >= 15 is 0 Å². The highest BCUT2D eigenvalue weighted by atomic mass is 31.1. The summed E-state index contributed by atoms with van der Waals surface area (Å²) in [4.78, 5) is 0. The van der Waals surface area contributed by atoms with Crippen molar-refractivity contribution in [1.82, 2.24) is 0 Å². The lowest BCUT2D eigenvalue weighted by Crippen LogP contribution is -1.81. The van der Waals surface area contributed by atoms with Crippen molar-refractivity contribution in [3.8, 4) is 0 Å². The zero-order chi connectivity index (χ0) is 15.5. The molecule has 0 aliphatic heterocycles. The third-order valence-corrected chi connectivity index (χ3v) is 4.03. The lowest BCUT2D eigenvalue weighted by molar-refractivity contribution is 0.243. The van der Waals surface area contributed by atoms with Gasteiger partial charge in [0.15, 0.2) is 0 Å². The molecule has 0 radical (unpaired) electrons. The van der Waals surface area contributed by atoms with Crippen LogP contribution in [0.25, 0.3) is 0 Å². The first-order valence-electron chi connectivity index (χ1n) is 8.52. The van der Waals surface area contributed by atoms with E-state index in [1.165, 1.54) is 64.2 Å². The summed E-state index contributed by atoms with van der Waals surface area (Å²) in [6.45, 7) is 9.03. The second kappa shape index (κ2) is 21.4. The van der Waals surface area contributed by atoms with Gasteiger partial charge in [-0.2, -0.15) is 0 Å². The normalized spacial score (nSPS) is 10.4. The van der Waals surface area contributed by atoms with Crippen LogP contribution >= 0.6 is 8.25 Å². The molecule has 0 amide bonds. The SMILES string of the molecule is CCCCCCCCCCCC.CCO[PH](=O)OCC. The van der Waals surface area contributed by atoms with Crippen LogP contribution in [0.2, 0.25) is 0 Å². The Morgan fingerprint density at radius 3 is 1.15 bits per heavy atom. The Balaban J connectivity index is 0. The Labute approximate surface area is 127 Å². The average molecular weight is 308 g/mol. The van der Waals surface area contributed by atoms with E-state index in [2.05, 4.69) is 22.9 Å². The molecule has 0 aliphatic rings. The fourth-order valence-electron chi connectivity index (χ4n) is 1.84. The minimum Gasteiger partial charge on any atom is -0.311 e. The first kappa shape index (κ1) is 22.4. The minimum atomic E-state index is -2.14. The van der Waals surface area contributed by atoms with Gasteiger partial charge in [0.2, 0.25) is 0 Å². The van der Waals surface area contributed by atoms with Crippen LogP contribution in [-0.2, 0) is 13.6 Å². The molecule has 3 nitrogen and oxygen atoms in total. The van der Waals surface area contributed by atoms with E-state index < -0.39 is 8.25 Å². The molecule has 20 heavy (non-hydrogen) atoms. The number of rotatable bonds is 13. The quantitative estimate of drug-likeness (QED) is 0.292. The molecule has 0 N–H and O–H groups in total. The number of hydrogen-bond donors (Lipinski definition) is 0. The van der Waals surface area contributed by atoms with Gasteiger partial charge in [-0.1, -0.05) is 78.1 Å².